The first-order valence-electron chi connectivity index (χ1n) is 4.36. The van der Waals surface area contributed by atoms with Crippen LogP contribution in [0.5, 0.6) is 5.75 Å². The molecule has 3 heteroatoms. The molecule has 70 valence electrons. The van der Waals surface area contributed by atoms with Crippen molar-refractivity contribution >= 4 is 11.8 Å². The van der Waals surface area contributed by atoms with Gasteiger partial charge in [-0.3, -0.25) is 0 Å². The van der Waals surface area contributed by atoms with Crippen molar-refractivity contribution in [3.8, 4) is 11.8 Å². The van der Waals surface area contributed by atoms with Gasteiger partial charge < -0.3 is 10.1 Å². The molecule has 1 N–H and O–H groups in total. The normalized spacial score (nSPS) is 17.9. The Kier molecular flexibility index (Phi) is 2.11. The van der Waals surface area contributed by atoms with Crippen molar-refractivity contribution in [1.29, 1.82) is 5.26 Å². The van der Waals surface area contributed by atoms with Gasteiger partial charge in [0.05, 0.1) is 13.2 Å². The molecule has 0 aliphatic carbocycles. The molecular weight excluding hydrogens is 176 g/mol. The third-order valence-corrected chi connectivity index (χ3v) is 2.18. The van der Waals surface area contributed by atoms with E-state index < -0.39 is 0 Å². The quantitative estimate of drug-likeness (QED) is 0.729. The summed E-state index contributed by atoms with van der Waals surface area (Å²) in [5.41, 5.74) is 2.02. The smallest absolute Gasteiger partial charge is 0.133 e. The monoisotopic (exact) mass is 186 g/mol. The third-order valence-electron chi connectivity index (χ3n) is 2.18. The number of nitrogens with one attached hydrogen (secondary N) is 1. The van der Waals surface area contributed by atoms with Crippen LogP contribution in [-0.2, 0) is 0 Å². The van der Waals surface area contributed by atoms with Crippen LogP contribution in [0.1, 0.15) is 5.56 Å². The summed E-state index contributed by atoms with van der Waals surface area (Å²) in [7, 11) is 1.64. The maximum absolute atomic E-state index is 8.73. The Bertz CT molecular complexity index is 418. The van der Waals surface area contributed by atoms with Gasteiger partial charge >= 0.3 is 0 Å². The lowest BCUT2D eigenvalue weighted by Crippen LogP contribution is -2.17. The van der Waals surface area contributed by atoms with Gasteiger partial charge in [0.1, 0.15) is 11.8 Å². The summed E-state index contributed by atoms with van der Waals surface area (Å²) in [5.74, 6) is 0.825. The molecule has 14 heavy (non-hydrogen) atoms. The highest BCUT2D eigenvalue weighted by atomic mass is 16.5. The van der Waals surface area contributed by atoms with E-state index in [2.05, 4.69) is 11.4 Å². The Morgan fingerprint density at radius 3 is 3.07 bits per heavy atom. The van der Waals surface area contributed by atoms with Crippen molar-refractivity contribution in [3.63, 3.8) is 0 Å². The highest BCUT2D eigenvalue weighted by Crippen LogP contribution is 2.26. The van der Waals surface area contributed by atoms with E-state index >= 15 is 0 Å². The number of rotatable bonds is 1. The van der Waals surface area contributed by atoms with Crippen LogP contribution < -0.4 is 10.1 Å². The van der Waals surface area contributed by atoms with E-state index in [9.17, 15) is 0 Å². The maximum atomic E-state index is 8.73. The number of methoxy groups -OCH3 is 1. The van der Waals surface area contributed by atoms with Gasteiger partial charge in [-0.1, -0.05) is 6.08 Å². The SMILES string of the molecule is COc1ccc2c(c1)C=C[C@H](C#N)N2. The number of nitrogens with zero attached hydrogens (tertiary/aromatic N) is 1. The van der Waals surface area contributed by atoms with E-state index in [0.717, 1.165) is 17.0 Å². The molecule has 0 unspecified atom stereocenters. The topological polar surface area (TPSA) is 45.0 Å². The lowest BCUT2D eigenvalue weighted by molar-refractivity contribution is 0.415. The van der Waals surface area contributed by atoms with Gasteiger partial charge in [-0.05, 0) is 24.3 Å². The fourth-order valence-electron chi connectivity index (χ4n) is 1.43. The summed E-state index contributed by atoms with van der Waals surface area (Å²) in [4.78, 5) is 0. The number of hydrogen-bond donors (Lipinski definition) is 1. The average molecular weight is 186 g/mol. The average Bonchev–Trinajstić information content (AvgIpc) is 2.27. The molecule has 0 saturated carbocycles. The Labute approximate surface area is 82.6 Å². The minimum Gasteiger partial charge on any atom is -0.497 e. The van der Waals surface area contributed by atoms with Crippen LogP contribution in [0.15, 0.2) is 24.3 Å². The molecule has 0 spiro atoms. The summed E-state index contributed by atoms with van der Waals surface area (Å²) in [6, 6.07) is 7.65. The molecule has 0 aromatic heterocycles. The second-order valence-electron chi connectivity index (χ2n) is 3.06. The maximum Gasteiger partial charge on any atom is 0.133 e. The highest BCUT2D eigenvalue weighted by molar-refractivity contribution is 5.73. The molecule has 0 saturated heterocycles. The minimum atomic E-state index is -0.226. The van der Waals surface area contributed by atoms with Crippen LogP contribution in [0, 0.1) is 11.3 Å². The second-order valence-corrected chi connectivity index (χ2v) is 3.06. The molecule has 0 bridgehead atoms. The lowest BCUT2D eigenvalue weighted by atomic mass is 10.1. The molecule has 1 heterocycles. The van der Waals surface area contributed by atoms with Crippen LogP contribution in [0.3, 0.4) is 0 Å². The van der Waals surface area contributed by atoms with Gasteiger partial charge in [0, 0.05) is 11.3 Å². The van der Waals surface area contributed by atoms with Gasteiger partial charge in [0.15, 0.2) is 0 Å². The van der Waals surface area contributed by atoms with E-state index in [0.29, 0.717) is 0 Å². The van der Waals surface area contributed by atoms with Crippen molar-refractivity contribution in [2.75, 3.05) is 12.4 Å². The zero-order chi connectivity index (χ0) is 9.97. The third kappa shape index (κ3) is 1.42. The van der Waals surface area contributed by atoms with Crippen molar-refractivity contribution in [3.05, 3.63) is 29.8 Å². The predicted molar refractivity (Wildman–Crippen MR) is 55.1 cm³/mol. The summed E-state index contributed by atoms with van der Waals surface area (Å²) in [6.07, 6.45) is 3.77. The first-order valence-corrected chi connectivity index (χ1v) is 4.36. The van der Waals surface area contributed by atoms with Crippen molar-refractivity contribution in [2.45, 2.75) is 6.04 Å². The van der Waals surface area contributed by atoms with Crippen LogP contribution in [0.2, 0.25) is 0 Å². The first kappa shape index (κ1) is 8.64. The Balaban J connectivity index is 2.37. The molecule has 1 atom stereocenters. The molecule has 1 aliphatic rings. The fourth-order valence-corrected chi connectivity index (χ4v) is 1.43. The molecule has 2 rings (SSSR count). The summed E-state index contributed by atoms with van der Waals surface area (Å²) < 4.78 is 5.11. The minimum absolute atomic E-state index is 0.226. The number of fused-ring (bicyclic) bond motifs is 1. The van der Waals surface area contributed by atoms with Gasteiger partial charge in [-0.25, -0.2) is 0 Å². The van der Waals surface area contributed by atoms with E-state index in [4.69, 9.17) is 10.00 Å². The van der Waals surface area contributed by atoms with Crippen LogP contribution in [0.25, 0.3) is 6.08 Å². The van der Waals surface area contributed by atoms with E-state index in [1.54, 1.807) is 7.11 Å². The van der Waals surface area contributed by atoms with Gasteiger partial charge in [0.2, 0.25) is 0 Å². The van der Waals surface area contributed by atoms with E-state index in [1.807, 2.05) is 30.4 Å². The predicted octanol–water partition coefficient (Wildman–Crippen LogP) is 2.03. The lowest BCUT2D eigenvalue weighted by Gasteiger charge is -2.17. The Hall–Kier alpha value is -1.95. The standard InChI is InChI=1S/C11H10N2O/c1-14-10-4-5-11-8(6-10)2-3-9(7-12)13-11/h2-6,9,13H,1H3/t9-/m1/s1. The molecule has 0 amide bonds. The van der Waals surface area contributed by atoms with E-state index in [-0.39, 0.29) is 6.04 Å². The molecule has 1 aromatic rings. The van der Waals surface area contributed by atoms with Crippen LogP contribution in [0.4, 0.5) is 5.69 Å². The molecule has 3 nitrogen and oxygen atoms in total. The van der Waals surface area contributed by atoms with Crippen molar-refractivity contribution in [1.82, 2.24) is 0 Å². The molecule has 1 aliphatic heterocycles. The molecule has 0 radical (unpaired) electrons. The Morgan fingerprint density at radius 1 is 1.50 bits per heavy atom. The molecule has 1 aromatic carbocycles. The van der Waals surface area contributed by atoms with Gasteiger partial charge in [0.25, 0.3) is 0 Å². The zero-order valence-corrected chi connectivity index (χ0v) is 7.82. The number of hydrogen-bond acceptors (Lipinski definition) is 3. The van der Waals surface area contributed by atoms with Crippen LogP contribution >= 0.6 is 0 Å². The first-order chi connectivity index (χ1) is 6.83. The number of nitriles is 1. The summed E-state index contributed by atoms with van der Waals surface area (Å²) >= 11 is 0. The summed E-state index contributed by atoms with van der Waals surface area (Å²) in [6.45, 7) is 0. The fraction of sp³-hybridized carbons (Fsp3) is 0.182. The van der Waals surface area contributed by atoms with Gasteiger partial charge in [-0.2, -0.15) is 5.26 Å². The Morgan fingerprint density at radius 2 is 2.36 bits per heavy atom. The second kappa shape index (κ2) is 3.43. The highest BCUT2D eigenvalue weighted by Gasteiger charge is 2.11. The number of ether oxygens (including phenoxy) is 1. The van der Waals surface area contributed by atoms with Crippen molar-refractivity contribution in [2.24, 2.45) is 0 Å². The van der Waals surface area contributed by atoms with Crippen LogP contribution in [-0.4, -0.2) is 13.2 Å². The van der Waals surface area contributed by atoms with Crippen molar-refractivity contribution < 1.29 is 4.74 Å². The van der Waals surface area contributed by atoms with E-state index in [1.165, 1.54) is 0 Å². The molecule has 0 fully saturated rings. The number of anilines is 1. The zero-order valence-electron chi connectivity index (χ0n) is 7.82. The number of benzene rings is 1. The largest absolute Gasteiger partial charge is 0.497 e. The summed E-state index contributed by atoms with van der Waals surface area (Å²) in [5, 5.41) is 11.8. The van der Waals surface area contributed by atoms with Gasteiger partial charge in [-0.15, -0.1) is 0 Å². The molecular formula is C11H10N2O.